The number of hydrogen-bond donors (Lipinski definition) is 1. The van der Waals surface area contributed by atoms with Gasteiger partial charge in [-0.15, -0.1) is 0 Å². The summed E-state index contributed by atoms with van der Waals surface area (Å²) in [4.78, 5) is 23.4. The van der Waals surface area contributed by atoms with E-state index in [1.54, 1.807) is 19.1 Å². The third-order valence-corrected chi connectivity index (χ3v) is 3.84. The second kappa shape index (κ2) is 7.49. The minimum Gasteiger partial charge on any atom is -0.478 e. The van der Waals surface area contributed by atoms with Gasteiger partial charge in [-0.05, 0) is 56.2 Å². The monoisotopic (exact) mass is 392 g/mol. The van der Waals surface area contributed by atoms with Crippen molar-refractivity contribution in [3.05, 3.63) is 57.6 Å². The van der Waals surface area contributed by atoms with E-state index in [0.29, 0.717) is 5.75 Å². The number of esters is 1. The molecule has 0 aliphatic carbocycles. The average molecular weight is 393 g/mol. The standard InChI is InChI=1S/C18H17BrO5/c1-10-8-13(19)9-11(2)16(10)23-12(3)18(22)24-15-7-5-4-6-14(15)17(20)21/h4-9,12H,1-3H3,(H,20,21). The Kier molecular flexibility index (Phi) is 5.62. The zero-order valence-electron chi connectivity index (χ0n) is 13.5. The molecule has 0 aliphatic heterocycles. The molecule has 1 atom stereocenters. The van der Waals surface area contributed by atoms with Crippen LogP contribution in [-0.2, 0) is 4.79 Å². The minimum atomic E-state index is -1.16. The zero-order chi connectivity index (χ0) is 17.9. The number of hydrogen-bond acceptors (Lipinski definition) is 4. The van der Waals surface area contributed by atoms with Crippen molar-refractivity contribution in [2.45, 2.75) is 26.9 Å². The number of rotatable bonds is 5. The van der Waals surface area contributed by atoms with Gasteiger partial charge >= 0.3 is 11.9 Å². The first-order chi connectivity index (χ1) is 11.3. The highest BCUT2D eigenvalue weighted by molar-refractivity contribution is 9.10. The molecule has 2 aromatic rings. The van der Waals surface area contributed by atoms with Gasteiger partial charge in [-0.3, -0.25) is 0 Å². The Balaban J connectivity index is 2.16. The molecule has 0 saturated heterocycles. The van der Waals surface area contributed by atoms with Gasteiger partial charge in [-0.2, -0.15) is 0 Å². The van der Waals surface area contributed by atoms with Crippen LogP contribution in [0.1, 0.15) is 28.4 Å². The van der Waals surface area contributed by atoms with Crippen LogP contribution < -0.4 is 9.47 Å². The largest absolute Gasteiger partial charge is 0.478 e. The summed E-state index contributed by atoms with van der Waals surface area (Å²) < 4.78 is 11.8. The van der Waals surface area contributed by atoms with Crippen molar-refractivity contribution in [2.24, 2.45) is 0 Å². The zero-order valence-corrected chi connectivity index (χ0v) is 15.1. The summed E-state index contributed by atoms with van der Waals surface area (Å²) in [6, 6.07) is 9.75. The molecule has 2 aromatic carbocycles. The summed E-state index contributed by atoms with van der Waals surface area (Å²) in [6.07, 6.45) is -0.884. The Labute approximate surface area is 148 Å². The fraction of sp³-hybridized carbons (Fsp3) is 0.222. The second-order valence-electron chi connectivity index (χ2n) is 5.35. The summed E-state index contributed by atoms with van der Waals surface area (Å²) in [5.41, 5.74) is 1.69. The lowest BCUT2D eigenvalue weighted by Gasteiger charge is -2.18. The van der Waals surface area contributed by atoms with Crippen LogP contribution in [0.5, 0.6) is 11.5 Å². The molecule has 0 amide bonds. The number of aryl methyl sites for hydroxylation is 2. The van der Waals surface area contributed by atoms with E-state index in [2.05, 4.69) is 15.9 Å². The van der Waals surface area contributed by atoms with Crippen LogP contribution in [0, 0.1) is 13.8 Å². The summed E-state index contributed by atoms with van der Waals surface area (Å²) in [5, 5.41) is 9.12. The van der Waals surface area contributed by atoms with Gasteiger partial charge < -0.3 is 14.6 Å². The molecule has 6 heteroatoms. The van der Waals surface area contributed by atoms with Crippen LogP contribution in [-0.4, -0.2) is 23.1 Å². The number of halogens is 1. The molecule has 0 heterocycles. The first-order valence-electron chi connectivity index (χ1n) is 7.27. The maximum atomic E-state index is 12.2. The maximum Gasteiger partial charge on any atom is 0.352 e. The number of carbonyl (C=O) groups is 2. The van der Waals surface area contributed by atoms with Gasteiger partial charge in [0.15, 0.2) is 6.10 Å². The fourth-order valence-electron chi connectivity index (χ4n) is 2.23. The molecular formula is C18H17BrO5. The van der Waals surface area contributed by atoms with E-state index in [-0.39, 0.29) is 11.3 Å². The average Bonchev–Trinajstić information content (AvgIpc) is 2.50. The topological polar surface area (TPSA) is 72.8 Å². The molecule has 126 valence electrons. The van der Waals surface area contributed by atoms with Gasteiger partial charge in [0.1, 0.15) is 17.1 Å². The molecule has 5 nitrogen and oxygen atoms in total. The van der Waals surface area contributed by atoms with Crippen molar-refractivity contribution in [2.75, 3.05) is 0 Å². The smallest absolute Gasteiger partial charge is 0.352 e. The van der Waals surface area contributed by atoms with Crippen LogP contribution in [0.4, 0.5) is 0 Å². The molecule has 0 bridgehead atoms. The Morgan fingerprint density at radius 1 is 1.12 bits per heavy atom. The second-order valence-corrected chi connectivity index (χ2v) is 6.27. The van der Waals surface area contributed by atoms with Crippen molar-refractivity contribution in [3.63, 3.8) is 0 Å². The lowest BCUT2D eigenvalue weighted by Crippen LogP contribution is -2.29. The van der Waals surface area contributed by atoms with Crippen molar-refractivity contribution >= 4 is 27.9 Å². The highest BCUT2D eigenvalue weighted by Gasteiger charge is 2.21. The van der Waals surface area contributed by atoms with E-state index in [9.17, 15) is 9.59 Å². The van der Waals surface area contributed by atoms with Crippen LogP contribution in [0.3, 0.4) is 0 Å². The van der Waals surface area contributed by atoms with E-state index in [1.807, 2.05) is 26.0 Å². The van der Waals surface area contributed by atoms with Crippen molar-refractivity contribution in [1.82, 2.24) is 0 Å². The van der Waals surface area contributed by atoms with E-state index < -0.39 is 18.0 Å². The predicted octanol–water partition coefficient (Wildman–Crippen LogP) is 4.14. The maximum absolute atomic E-state index is 12.2. The van der Waals surface area contributed by atoms with Crippen molar-refractivity contribution < 1.29 is 24.2 Å². The molecule has 0 aromatic heterocycles. The lowest BCUT2D eigenvalue weighted by atomic mass is 10.1. The van der Waals surface area contributed by atoms with E-state index >= 15 is 0 Å². The van der Waals surface area contributed by atoms with E-state index in [4.69, 9.17) is 14.6 Å². The van der Waals surface area contributed by atoms with Gasteiger partial charge in [0.05, 0.1) is 0 Å². The third kappa shape index (κ3) is 4.14. The van der Waals surface area contributed by atoms with Gasteiger partial charge in [-0.25, -0.2) is 9.59 Å². The quantitative estimate of drug-likeness (QED) is 0.611. The molecule has 1 unspecified atom stereocenters. The number of carboxylic acid groups (broad SMARTS) is 1. The van der Waals surface area contributed by atoms with Crippen LogP contribution >= 0.6 is 15.9 Å². The minimum absolute atomic E-state index is 0.00491. The lowest BCUT2D eigenvalue weighted by molar-refractivity contribution is -0.141. The summed E-state index contributed by atoms with van der Waals surface area (Å²) in [7, 11) is 0. The number of carbonyl (C=O) groups excluding carboxylic acids is 1. The first-order valence-corrected chi connectivity index (χ1v) is 8.06. The highest BCUT2D eigenvalue weighted by atomic mass is 79.9. The predicted molar refractivity (Wildman–Crippen MR) is 92.7 cm³/mol. The van der Waals surface area contributed by atoms with Crippen molar-refractivity contribution in [1.29, 1.82) is 0 Å². The molecule has 0 radical (unpaired) electrons. The number of aromatic carboxylic acids is 1. The third-order valence-electron chi connectivity index (χ3n) is 3.38. The Morgan fingerprint density at radius 3 is 2.29 bits per heavy atom. The number of benzene rings is 2. The van der Waals surface area contributed by atoms with E-state index in [1.165, 1.54) is 12.1 Å². The van der Waals surface area contributed by atoms with Crippen LogP contribution in [0.15, 0.2) is 40.9 Å². The summed E-state index contributed by atoms with van der Waals surface area (Å²) >= 11 is 3.41. The van der Waals surface area contributed by atoms with Crippen LogP contribution in [0.2, 0.25) is 0 Å². The Morgan fingerprint density at radius 2 is 1.71 bits per heavy atom. The normalized spacial score (nSPS) is 11.7. The van der Waals surface area contributed by atoms with Gasteiger partial charge in [0.2, 0.25) is 0 Å². The molecule has 0 saturated carbocycles. The number of ether oxygens (including phenoxy) is 2. The summed E-state index contributed by atoms with van der Waals surface area (Å²) in [5.74, 6) is -1.22. The summed E-state index contributed by atoms with van der Waals surface area (Å²) in [6.45, 7) is 5.32. The van der Waals surface area contributed by atoms with Gasteiger partial charge in [0, 0.05) is 4.47 Å². The van der Waals surface area contributed by atoms with Crippen molar-refractivity contribution in [3.8, 4) is 11.5 Å². The highest BCUT2D eigenvalue weighted by Crippen LogP contribution is 2.28. The molecule has 1 N–H and O–H groups in total. The number of carboxylic acids is 1. The van der Waals surface area contributed by atoms with E-state index in [0.717, 1.165) is 15.6 Å². The molecule has 0 fully saturated rings. The molecule has 0 aliphatic rings. The molecule has 24 heavy (non-hydrogen) atoms. The molecular weight excluding hydrogens is 376 g/mol. The molecule has 2 rings (SSSR count). The Bertz CT molecular complexity index is 762. The Hall–Kier alpha value is -2.34. The molecule has 0 spiro atoms. The van der Waals surface area contributed by atoms with Gasteiger partial charge in [-0.1, -0.05) is 28.1 Å². The number of para-hydroxylation sites is 1. The van der Waals surface area contributed by atoms with Crippen LogP contribution in [0.25, 0.3) is 0 Å². The fourth-order valence-corrected chi connectivity index (χ4v) is 2.92. The van der Waals surface area contributed by atoms with Gasteiger partial charge in [0.25, 0.3) is 0 Å². The SMILES string of the molecule is Cc1cc(Br)cc(C)c1OC(C)C(=O)Oc1ccccc1C(=O)O. The first kappa shape index (κ1) is 18.0.